The fourth-order valence-electron chi connectivity index (χ4n) is 2.78. The first-order chi connectivity index (χ1) is 9.97. The maximum atomic E-state index is 12.2. The number of aliphatic hydroxyl groups is 1. The van der Waals surface area contributed by atoms with Crippen molar-refractivity contribution < 1.29 is 14.6 Å². The molecular formula is C17H25NO3. The second-order valence-electron chi connectivity index (χ2n) is 6.07. The molecule has 0 bridgehead atoms. The van der Waals surface area contributed by atoms with Crippen LogP contribution in [0.2, 0.25) is 0 Å². The first kappa shape index (κ1) is 15.8. The number of carbonyl (C=O) groups is 1. The van der Waals surface area contributed by atoms with Gasteiger partial charge in [0.1, 0.15) is 5.75 Å². The standard InChI is InChI=1S/C17H25NO3/c1-11(2)21-14-7-4-6-13(10-14)12(3)18-17(20)15-8-5-9-16(15)19/h4,6-7,10-12,15-16,19H,5,8-9H2,1-3H3,(H,18,20). The Morgan fingerprint density at radius 1 is 1.33 bits per heavy atom. The predicted molar refractivity (Wildman–Crippen MR) is 82.1 cm³/mol. The second kappa shape index (κ2) is 6.94. The summed E-state index contributed by atoms with van der Waals surface area (Å²) in [5, 5.41) is 12.8. The van der Waals surface area contributed by atoms with Gasteiger partial charge in [-0.15, -0.1) is 0 Å². The van der Waals surface area contributed by atoms with Crippen molar-refractivity contribution in [3.05, 3.63) is 29.8 Å². The van der Waals surface area contributed by atoms with Gasteiger partial charge >= 0.3 is 0 Å². The summed E-state index contributed by atoms with van der Waals surface area (Å²) < 4.78 is 5.67. The summed E-state index contributed by atoms with van der Waals surface area (Å²) in [4.78, 5) is 12.2. The predicted octanol–water partition coefficient (Wildman–Crippen LogP) is 2.81. The monoisotopic (exact) mass is 291 g/mol. The first-order valence-electron chi connectivity index (χ1n) is 7.72. The van der Waals surface area contributed by atoms with E-state index in [0.29, 0.717) is 0 Å². The zero-order chi connectivity index (χ0) is 15.4. The van der Waals surface area contributed by atoms with E-state index in [1.165, 1.54) is 0 Å². The first-order valence-corrected chi connectivity index (χ1v) is 7.72. The zero-order valence-electron chi connectivity index (χ0n) is 13.0. The molecule has 1 saturated carbocycles. The molecule has 4 nitrogen and oxygen atoms in total. The molecule has 1 amide bonds. The van der Waals surface area contributed by atoms with Gasteiger partial charge in [0.2, 0.25) is 5.91 Å². The minimum absolute atomic E-state index is 0.0531. The molecule has 0 aliphatic heterocycles. The van der Waals surface area contributed by atoms with Crippen LogP contribution >= 0.6 is 0 Å². The van der Waals surface area contributed by atoms with Gasteiger partial charge in [0.15, 0.2) is 0 Å². The van der Waals surface area contributed by atoms with E-state index < -0.39 is 6.10 Å². The maximum Gasteiger partial charge on any atom is 0.226 e. The van der Waals surface area contributed by atoms with Gasteiger partial charge in [-0.2, -0.15) is 0 Å². The fraction of sp³-hybridized carbons (Fsp3) is 0.588. The third kappa shape index (κ3) is 4.21. The van der Waals surface area contributed by atoms with Crippen LogP contribution in [0.1, 0.15) is 51.6 Å². The summed E-state index contributed by atoms with van der Waals surface area (Å²) in [7, 11) is 0. The van der Waals surface area contributed by atoms with Crippen molar-refractivity contribution >= 4 is 5.91 Å². The van der Waals surface area contributed by atoms with Gasteiger partial charge in [-0.25, -0.2) is 0 Å². The number of hydrogen-bond donors (Lipinski definition) is 2. The Morgan fingerprint density at radius 2 is 2.10 bits per heavy atom. The molecule has 0 aromatic heterocycles. The maximum absolute atomic E-state index is 12.2. The van der Waals surface area contributed by atoms with E-state index in [1.807, 2.05) is 45.0 Å². The lowest BCUT2D eigenvalue weighted by Gasteiger charge is -2.20. The summed E-state index contributed by atoms with van der Waals surface area (Å²) >= 11 is 0. The van der Waals surface area contributed by atoms with Gasteiger partial charge in [-0.05, 0) is 57.7 Å². The van der Waals surface area contributed by atoms with E-state index in [4.69, 9.17) is 4.74 Å². The highest BCUT2D eigenvalue weighted by Gasteiger charge is 2.32. The molecule has 0 spiro atoms. The van der Waals surface area contributed by atoms with Crippen molar-refractivity contribution in [2.45, 2.75) is 58.3 Å². The van der Waals surface area contributed by atoms with E-state index in [2.05, 4.69) is 5.32 Å². The van der Waals surface area contributed by atoms with Crippen LogP contribution in [-0.4, -0.2) is 23.2 Å². The normalized spacial score (nSPS) is 23.1. The molecule has 116 valence electrons. The third-order valence-electron chi connectivity index (χ3n) is 3.90. The Bertz CT molecular complexity index is 487. The van der Waals surface area contributed by atoms with Crippen molar-refractivity contribution in [3.63, 3.8) is 0 Å². The van der Waals surface area contributed by atoms with Gasteiger partial charge < -0.3 is 15.2 Å². The smallest absolute Gasteiger partial charge is 0.226 e. The number of nitrogens with one attached hydrogen (secondary N) is 1. The highest BCUT2D eigenvalue weighted by molar-refractivity contribution is 5.80. The topological polar surface area (TPSA) is 58.6 Å². The summed E-state index contributed by atoms with van der Waals surface area (Å²) in [6.07, 6.45) is 2.05. The molecule has 1 aromatic carbocycles. The summed E-state index contributed by atoms with van der Waals surface area (Å²) in [5.74, 6) is 0.495. The van der Waals surface area contributed by atoms with Crippen LogP contribution in [0.25, 0.3) is 0 Å². The lowest BCUT2D eigenvalue weighted by molar-refractivity contribution is -0.128. The minimum atomic E-state index is -0.493. The van der Waals surface area contributed by atoms with Gasteiger partial charge in [0.05, 0.1) is 24.2 Å². The van der Waals surface area contributed by atoms with E-state index in [0.717, 1.165) is 30.6 Å². The Kier molecular flexibility index (Phi) is 5.23. The van der Waals surface area contributed by atoms with Crippen LogP contribution in [0.5, 0.6) is 5.75 Å². The molecule has 0 heterocycles. The van der Waals surface area contributed by atoms with E-state index >= 15 is 0 Å². The summed E-state index contributed by atoms with van der Waals surface area (Å²) in [6.45, 7) is 5.92. The molecule has 0 saturated heterocycles. The molecule has 3 unspecified atom stereocenters. The van der Waals surface area contributed by atoms with Crippen LogP contribution in [0.4, 0.5) is 0 Å². The number of carbonyl (C=O) groups excluding carboxylic acids is 1. The molecule has 2 rings (SSSR count). The van der Waals surface area contributed by atoms with Gasteiger partial charge in [-0.1, -0.05) is 12.1 Å². The van der Waals surface area contributed by atoms with Gasteiger partial charge in [0, 0.05) is 0 Å². The van der Waals surface area contributed by atoms with Crippen LogP contribution in [0.15, 0.2) is 24.3 Å². The number of aliphatic hydroxyl groups excluding tert-OH is 1. The Morgan fingerprint density at radius 3 is 2.71 bits per heavy atom. The average Bonchev–Trinajstić information content (AvgIpc) is 2.84. The van der Waals surface area contributed by atoms with Crippen molar-refractivity contribution in [2.75, 3.05) is 0 Å². The van der Waals surface area contributed by atoms with Gasteiger partial charge in [-0.3, -0.25) is 4.79 Å². The Labute approximate surface area is 126 Å². The van der Waals surface area contributed by atoms with Crippen LogP contribution in [-0.2, 0) is 4.79 Å². The molecule has 1 aromatic rings. The van der Waals surface area contributed by atoms with Crippen LogP contribution in [0, 0.1) is 5.92 Å². The molecule has 1 fully saturated rings. The number of ether oxygens (including phenoxy) is 1. The molecule has 21 heavy (non-hydrogen) atoms. The average molecular weight is 291 g/mol. The van der Waals surface area contributed by atoms with Crippen LogP contribution in [0.3, 0.4) is 0 Å². The summed E-state index contributed by atoms with van der Waals surface area (Å²) in [6, 6.07) is 7.68. The SMILES string of the molecule is CC(C)Oc1cccc(C(C)NC(=O)C2CCCC2O)c1. The Balaban J connectivity index is 1.99. The van der Waals surface area contributed by atoms with Crippen molar-refractivity contribution in [1.29, 1.82) is 0 Å². The number of rotatable bonds is 5. The largest absolute Gasteiger partial charge is 0.491 e. The highest BCUT2D eigenvalue weighted by atomic mass is 16.5. The fourth-order valence-corrected chi connectivity index (χ4v) is 2.78. The quantitative estimate of drug-likeness (QED) is 0.877. The molecule has 4 heteroatoms. The molecule has 0 radical (unpaired) electrons. The van der Waals surface area contributed by atoms with Crippen molar-refractivity contribution in [3.8, 4) is 5.75 Å². The van der Waals surface area contributed by atoms with E-state index in [9.17, 15) is 9.90 Å². The lowest BCUT2D eigenvalue weighted by atomic mass is 10.0. The molecular weight excluding hydrogens is 266 g/mol. The number of amides is 1. The van der Waals surface area contributed by atoms with E-state index in [1.54, 1.807) is 0 Å². The van der Waals surface area contributed by atoms with Crippen molar-refractivity contribution in [1.82, 2.24) is 5.32 Å². The summed E-state index contributed by atoms with van der Waals surface area (Å²) in [5.41, 5.74) is 1.01. The van der Waals surface area contributed by atoms with E-state index in [-0.39, 0.29) is 24.0 Å². The van der Waals surface area contributed by atoms with Crippen LogP contribution < -0.4 is 10.1 Å². The van der Waals surface area contributed by atoms with Gasteiger partial charge in [0.25, 0.3) is 0 Å². The number of benzene rings is 1. The zero-order valence-corrected chi connectivity index (χ0v) is 13.0. The molecule has 3 atom stereocenters. The third-order valence-corrected chi connectivity index (χ3v) is 3.90. The highest BCUT2D eigenvalue weighted by Crippen LogP contribution is 2.27. The lowest BCUT2D eigenvalue weighted by Crippen LogP contribution is -2.36. The molecule has 2 N–H and O–H groups in total. The molecule has 1 aliphatic rings. The molecule has 1 aliphatic carbocycles. The van der Waals surface area contributed by atoms with Crippen molar-refractivity contribution in [2.24, 2.45) is 5.92 Å². The number of hydrogen-bond acceptors (Lipinski definition) is 3. The minimum Gasteiger partial charge on any atom is -0.491 e. The Hall–Kier alpha value is -1.55. The second-order valence-corrected chi connectivity index (χ2v) is 6.07.